The third-order valence-corrected chi connectivity index (χ3v) is 2.19. The van der Waals surface area contributed by atoms with Crippen LogP contribution in [0, 0.1) is 18.3 Å². The molecular weight excluding hydrogens is 124 g/mol. The van der Waals surface area contributed by atoms with Gasteiger partial charge in [-0.05, 0) is 12.8 Å². The lowest BCUT2D eigenvalue weighted by atomic mass is 9.99. The molecule has 1 rings (SSSR count). The molecule has 1 N–H and O–H groups in total. The lowest BCUT2D eigenvalue weighted by Crippen LogP contribution is -2.16. The molecule has 0 aromatic rings. The molecule has 56 valence electrons. The summed E-state index contributed by atoms with van der Waals surface area (Å²) < 4.78 is 0. The number of aliphatic hydroxyl groups is 1. The lowest BCUT2D eigenvalue weighted by molar-refractivity contribution is 0.127. The van der Waals surface area contributed by atoms with E-state index in [-0.39, 0.29) is 12.0 Å². The normalized spacial score (nSPS) is 34.4. The second kappa shape index (κ2) is 3.63. The molecule has 1 nitrogen and oxygen atoms in total. The Morgan fingerprint density at radius 3 is 2.60 bits per heavy atom. The first-order valence-corrected chi connectivity index (χ1v) is 3.99. The highest BCUT2D eigenvalue weighted by Gasteiger charge is 2.18. The van der Waals surface area contributed by atoms with Gasteiger partial charge in [0.15, 0.2) is 0 Å². The maximum absolute atomic E-state index is 9.41. The fourth-order valence-corrected chi connectivity index (χ4v) is 1.48. The molecule has 2 atom stereocenters. The van der Waals surface area contributed by atoms with Crippen molar-refractivity contribution in [1.29, 1.82) is 0 Å². The number of hydrogen-bond donors (Lipinski definition) is 1. The van der Waals surface area contributed by atoms with Gasteiger partial charge in [0.1, 0.15) is 0 Å². The summed E-state index contributed by atoms with van der Waals surface area (Å²) >= 11 is 0. The average Bonchev–Trinajstić information content (AvgIpc) is 2.13. The highest BCUT2D eigenvalue weighted by molar-refractivity contribution is 4.97. The van der Waals surface area contributed by atoms with Crippen LogP contribution in [0.25, 0.3) is 0 Å². The predicted octanol–water partition coefficient (Wildman–Crippen LogP) is 1.56. The molecule has 0 heterocycles. The molecule has 0 saturated heterocycles. The summed E-state index contributed by atoms with van der Waals surface area (Å²) in [5.41, 5.74) is 0. The Kier molecular flexibility index (Phi) is 2.77. The van der Waals surface area contributed by atoms with Crippen LogP contribution in [0.1, 0.15) is 32.1 Å². The zero-order valence-electron chi connectivity index (χ0n) is 6.21. The predicted molar refractivity (Wildman–Crippen MR) is 41.4 cm³/mol. The van der Waals surface area contributed by atoms with Gasteiger partial charge in [-0.3, -0.25) is 0 Å². The molecule has 1 saturated carbocycles. The highest BCUT2D eigenvalue weighted by atomic mass is 16.3. The van der Waals surface area contributed by atoms with E-state index in [4.69, 9.17) is 6.42 Å². The van der Waals surface area contributed by atoms with Gasteiger partial charge in [0.05, 0.1) is 6.10 Å². The van der Waals surface area contributed by atoms with Crippen LogP contribution in [-0.2, 0) is 0 Å². The van der Waals surface area contributed by atoms with Gasteiger partial charge in [-0.2, -0.15) is 0 Å². The fourth-order valence-electron chi connectivity index (χ4n) is 1.48. The Morgan fingerprint density at radius 1 is 1.20 bits per heavy atom. The zero-order valence-corrected chi connectivity index (χ0v) is 6.21. The summed E-state index contributed by atoms with van der Waals surface area (Å²) in [6.45, 7) is 0. The molecule has 0 unspecified atom stereocenters. The molecule has 0 aliphatic heterocycles. The summed E-state index contributed by atoms with van der Waals surface area (Å²) in [7, 11) is 0. The van der Waals surface area contributed by atoms with Crippen molar-refractivity contribution in [2.24, 2.45) is 5.92 Å². The molecule has 0 amide bonds. The largest absolute Gasteiger partial charge is 0.392 e. The van der Waals surface area contributed by atoms with Crippen molar-refractivity contribution >= 4 is 0 Å². The fraction of sp³-hybridized carbons (Fsp3) is 0.778. The van der Waals surface area contributed by atoms with Crippen molar-refractivity contribution in [2.75, 3.05) is 0 Å². The molecule has 1 heteroatoms. The highest BCUT2D eigenvalue weighted by Crippen LogP contribution is 2.22. The van der Waals surface area contributed by atoms with Crippen LogP contribution < -0.4 is 0 Å². The van der Waals surface area contributed by atoms with E-state index >= 15 is 0 Å². The van der Waals surface area contributed by atoms with E-state index < -0.39 is 0 Å². The second-order valence-corrected chi connectivity index (χ2v) is 2.98. The van der Waals surface area contributed by atoms with Gasteiger partial charge in [0.2, 0.25) is 0 Å². The number of terminal acetylenes is 1. The first-order chi connectivity index (χ1) is 4.84. The molecule has 0 radical (unpaired) electrons. The van der Waals surface area contributed by atoms with E-state index in [0.717, 1.165) is 19.3 Å². The van der Waals surface area contributed by atoms with Gasteiger partial charge >= 0.3 is 0 Å². The molecular formula is C9H14O. The van der Waals surface area contributed by atoms with Crippen LogP contribution in [0.5, 0.6) is 0 Å². The number of hydrogen-bond acceptors (Lipinski definition) is 1. The monoisotopic (exact) mass is 138 g/mol. The number of rotatable bonds is 0. The Morgan fingerprint density at radius 2 is 1.90 bits per heavy atom. The average molecular weight is 138 g/mol. The smallest absolute Gasteiger partial charge is 0.0677 e. The molecule has 1 fully saturated rings. The summed E-state index contributed by atoms with van der Waals surface area (Å²) in [5, 5.41) is 9.41. The standard InChI is InChI=1S/C9H14O/c1-2-8-6-4-3-5-7-9(8)10/h1,8-10H,3-7H2/t8-,9+/m0/s1. The van der Waals surface area contributed by atoms with Gasteiger partial charge in [-0.25, -0.2) is 0 Å². The van der Waals surface area contributed by atoms with Gasteiger partial charge in [0.25, 0.3) is 0 Å². The van der Waals surface area contributed by atoms with E-state index in [1.807, 2.05) is 0 Å². The molecule has 0 aromatic carbocycles. The molecule has 0 bridgehead atoms. The SMILES string of the molecule is C#C[C@H]1CCCCC[C@H]1O. The van der Waals surface area contributed by atoms with Crippen LogP contribution in [0.4, 0.5) is 0 Å². The van der Waals surface area contributed by atoms with Crippen molar-refractivity contribution in [3.05, 3.63) is 0 Å². The van der Waals surface area contributed by atoms with Crippen molar-refractivity contribution in [1.82, 2.24) is 0 Å². The zero-order chi connectivity index (χ0) is 7.40. The van der Waals surface area contributed by atoms with E-state index in [0.29, 0.717) is 0 Å². The summed E-state index contributed by atoms with van der Waals surface area (Å²) in [4.78, 5) is 0. The third-order valence-electron chi connectivity index (χ3n) is 2.19. The molecule has 1 aliphatic carbocycles. The third kappa shape index (κ3) is 1.75. The summed E-state index contributed by atoms with van der Waals surface area (Å²) in [6, 6.07) is 0. The van der Waals surface area contributed by atoms with Crippen LogP contribution in [-0.4, -0.2) is 11.2 Å². The van der Waals surface area contributed by atoms with Gasteiger partial charge in [0, 0.05) is 5.92 Å². The van der Waals surface area contributed by atoms with Crippen LogP contribution in [0.2, 0.25) is 0 Å². The van der Waals surface area contributed by atoms with Crippen molar-refractivity contribution in [3.8, 4) is 12.3 Å². The van der Waals surface area contributed by atoms with Crippen molar-refractivity contribution in [2.45, 2.75) is 38.2 Å². The minimum absolute atomic E-state index is 0.127. The van der Waals surface area contributed by atoms with Crippen LogP contribution >= 0.6 is 0 Å². The van der Waals surface area contributed by atoms with E-state index in [1.165, 1.54) is 12.8 Å². The quantitative estimate of drug-likeness (QED) is 0.398. The number of aliphatic hydroxyl groups excluding tert-OH is 1. The summed E-state index contributed by atoms with van der Waals surface area (Å²) in [6.07, 6.45) is 10.5. The molecule has 0 spiro atoms. The van der Waals surface area contributed by atoms with Gasteiger partial charge < -0.3 is 5.11 Å². The van der Waals surface area contributed by atoms with Crippen molar-refractivity contribution < 1.29 is 5.11 Å². The van der Waals surface area contributed by atoms with Gasteiger partial charge in [-0.1, -0.05) is 19.3 Å². The second-order valence-electron chi connectivity index (χ2n) is 2.98. The first-order valence-electron chi connectivity index (χ1n) is 3.99. The Balaban J connectivity index is 2.45. The van der Waals surface area contributed by atoms with E-state index in [1.54, 1.807) is 0 Å². The van der Waals surface area contributed by atoms with E-state index in [2.05, 4.69) is 5.92 Å². The maximum atomic E-state index is 9.41. The maximum Gasteiger partial charge on any atom is 0.0677 e. The Labute approximate surface area is 62.4 Å². The van der Waals surface area contributed by atoms with Gasteiger partial charge in [-0.15, -0.1) is 12.3 Å². The summed E-state index contributed by atoms with van der Waals surface area (Å²) in [5.74, 6) is 2.77. The first kappa shape index (κ1) is 7.63. The Bertz CT molecular complexity index is 134. The minimum atomic E-state index is -0.229. The molecule has 0 aromatic heterocycles. The Hall–Kier alpha value is -0.480. The van der Waals surface area contributed by atoms with Crippen LogP contribution in [0.15, 0.2) is 0 Å². The van der Waals surface area contributed by atoms with Crippen molar-refractivity contribution in [3.63, 3.8) is 0 Å². The lowest BCUT2D eigenvalue weighted by Gasteiger charge is -2.12. The van der Waals surface area contributed by atoms with Crippen LogP contribution in [0.3, 0.4) is 0 Å². The molecule has 1 aliphatic rings. The topological polar surface area (TPSA) is 20.2 Å². The molecule has 10 heavy (non-hydrogen) atoms. The van der Waals surface area contributed by atoms with E-state index in [9.17, 15) is 5.11 Å². The minimum Gasteiger partial charge on any atom is -0.392 e.